The van der Waals surface area contributed by atoms with Crippen LogP contribution in [0.25, 0.3) is 0 Å². The summed E-state index contributed by atoms with van der Waals surface area (Å²) >= 11 is 0. The molecule has 0 fully saturated rings. The maximum Gasteiger partial charge on any atom is -0.0332 e. The van der Waals surface area contributed by atoms with Crippen LogP contribution in [0, 0.1) is 41.4 Å². The highest BCUT2D eigenvalue weighted by molar-refractivity contribution is 4.84. The van der Waals surface area contributed by atoms with Crippen molar-refractivity contribution in [3.8, 4) is 0 Å². The van der Waals surface area contributed by atoms with E-state index in [4.69, 9.17) is 0 Å². The average Bonchev–Trinajstić information content (AvgIpc) is 2.34. The Labute approximate surface area is 130 Å². The van der Waals surface area contributed by atoms with Crippen LogP contribution in [0.5, 0.6) is 0 Å². The minimum Gasteiger partial charge on any atom is -0.0654 e. The summed E-state index contributed by atoms with van der Waals surface area (Å²) in [6, 6.07) is 0. The second-order valence-electron chi connectivity index (χ2n) is 8.07. The zero-order valence-electron chi connectivity index (χ0n) is 15.9. The lowest BCUT2D eigenvalue weighted by Crippen LogP contribution is -2.36. The van der Waals surface area contributed by atoms with Crippen molar-refractivity contribution in [2.75, 3.05) is 0 Å². The van der Waals surface area contributed by atoms with Crippen molar-refractivity contribution in [1.82, 2.24) is 0 Å². The fourth-order valence-electron chi connectivity index (χ4n) is 4.34. The van der Waals surface area contributed by atoms with Crippen molar-refractivity contribution < 1.29 is 0 Å². The molecule has 122 valence electrons. The zero-order chi connectivity index (χ0) is 15.9. The Hall–Kier alpha value is 0. The minimum absolute atomic E-state index is 0.802. The van der Waals surface area contributed by atoms with E-state index >= 15 is 0 Å². The van der Waals surface area contributed by atoms with Gasteiger partial charge in [0.2, 0.25) is 0 Å². The highest BCUT2D eigenvalue weighted by Gasteiger charge is 2.35. The minimum atomic E-state index is 0.802. The van der Waals surface area contributed by atoms with Crippen molar-refractivity contribution >= 4 is 0 Å². The van der Waals surface area contributed by atoms with Crippen LogP contribution >= 0.6 is 0 Å². The maximum atomic E-state index is 2.50. The SMILES string of the molecule is CCCC(C(C)C)C(CCC)C(C(C)C)C(C)C(C)C. The molecular weight excluding hydrogens is 240 g/mol. The van der Waals surface area contributed by atoms with Crippen molar-refractivity contribution in [3.05, 3.63) is 0 Å². The number of rotatable bonds is 10. The van der Waals surface area contributed by atoms with Gasteiger partial charge in [-0.25, -0.2) is 0 Å². The van der Waals surface area contributed by atoms with E-state index in [9.17, 15) is 0 Å². The summed E-state index contributed by atoms with van der Waals surface area (Å²) in [6.07, 6.45) is 5.51. The van der Waals surface area contributed by atoms with E-state index < -0.39 is 0 Å². The second kappa shape index (κ2) is 9.85. The molecule has 0 amide bonds. The average molecular weight is 283 g/mol. The molecule has 0 saturated carbocycles. The Morgan fingerprint density at radius 2 is 1.00 bits per heavy atom. The van der Waals surface area contributed by atoms with Crippen LogP contribution in [0.2, 0.25) is 0 Å². The van der Waals surface area contributed by atoms with E-state index in [0.29, 0.717) is 0 Å². The van der Waals surface area contributed by atoms with Crippen LogP contribution in [-0.4, -0.2) is 0 Å². The normalized spacial score (nSPS) is 18.6. The zero-order valence-corrected chi connectivity index (χ0v) is 15.9. The predicted octanol–water partition coefficient (Wildman–Crippen LogP) is 7.04. The Kier molecular flexibility index (Phi) is 9.85. The third-order valence-electron chi connectivity index (χ3n) is 5.57. The maximum absolute atomic E-state index is 2.50. The molecule has 0 heteroatoms. The Balaban J connectivity index is 5.33. The van der Waals surface area contributed by atoms with E-state index in [-0.39, 0.29) is 0 Å². The van der Waals surface area contributed by atoms with Crippen LogP contribution in [0.1, 0.15) is 88.0 Å². The highest BCUT2D eigenvalue weighted by Crippen LogP contribution is 2.43. The molecule has 4 atom stereocenters. The molecule has 0 rings (SSSR count). The van der Waals surface area contributed by atoms with Crippen molar-refractivity contribution in [2.45, 2.75) is 88.0 Å². The first-order valence-electron chi connectivity index (χ1n) is 9.27. The van der Waals surface area contributed by atoms with Gasteiger partial charge in [0, 0.05) is 0 Å². The van der Waals surface area contributed by atoms with E-state index in [1.54, 1.807) is 0 Å². The first-order chi connectivity index (χ1) is 9.27. The summed E-state index contributed by atoms with van der Waals surface area (Å²) in [5, 5.41) is 0. The molecule has 4 unspecified atom stereocenters. The van der Waals surface area contributed by atoms with Gasteiger partial charge in [0.15, 0.2) is 0 Å². The van der Waals surface area contributed by atoms with Crippen LogP contribution in [-0.2, 0) is 0 Å². The lowest BCUT2D eigenvalue weighted by Gasteiger charge is -2.42. The van der Waals surface area contributed by atoms with Crippen molar-refractivity contribution in [3.63, 3.8) is 0 Å². The topological polar surface area (TPSA) is 0 Å². The quantitative estimate of drug-likeness (QED) is 0.403. The highest BCUT2D eigenvalue weighted by atomic mass is 14.4. The first-order valence-corrected chi connectivity index (χ1v) is 9.27. The van der Waals surface area contributed by atoms with Gasteiger partial charge < -0.3 is 0 Å². The molecule has 0 saturated heterocycles. The van der Waals surface area contributed by atoms with E-state index in [2.05, 4.69) is 62.3 Å². The van der Waals surface area contributed by atoms with Crippen LogP contribution in [0.3, 0.4) is 0 Å². The largest absolute Gasteiger partial charge is 0.0654 e. The van der Waals surface area contributed by atoms with Crippen LogP contribution in [0.4, 0.5) is 0 Å². The fourth-order valence-corrected chi connectivity index (χ4v) is 4.34. The standard InChI is InChI=1S/C20H42/c1-10-12-18(15(5)6)19(13-11-2)20(16(7)8)17(9)14(3)4/h14-20H,10-13H2,1-9H3. The molecule has 20 heavy (non-hydrogen) atoms. The molecule has 0 bridgehead atoms. The molecule has 0 aliphatic carbocycles. The molecule has 0 aromatic carbocycles. The monoisotopic (exact) mass is 282 g/mol. The molecule has 0 N–H and O–H groups in total. The smallest absolute Gasteiger partial charge is 0.0332 e. The summed E-state index contributed by atoms with van der Waals surface area (Å²) < 4.78 is 0. The molecular formula is C20H42. The number of hydrogen-bond acceptors (Lipinski definition) is 0. The van der Waals surface area contributed by atoms with Gasteiger partial charge in [-0.15, -0.1) is 0 Å². The molecule has 0 aromatic heterocycles. The third kappa shape index (κ3) is 5.78. The lowest BCUT2D eigenvalue weighted by molar-refractivity contribution is 0.0634. The Morgan fingerprint density at radius 3 is 1.30 bits per heavy atom. The first kappa shape index (κ1) is 20.0. The van der Waals surface area contributed by atoms with Crippen LogP contribution in [0.15, 0.2) is 0 Å². The van der Waals surface area contributed by atoms with Crippen LogP contribution < -0.4 is 0 Å². The van der Waals surface area contributed by atoms with Gasteiger partial charge in [0.1, 0.15) is 0 Å². The van der Waals surface area contributed by atoms with Gasteiger partial charge in [0.05, 0.1) is 0 Å². The fraction of sp³-hybridized carbons (Fsp3) is 1.00. The summed E-state index contributed by atoms with van der Waals surface area (Å²) in [6.45, 7) is 21.8. The van der Waals surface area contributed by atoms with E-state index in [1.165, 1.54) is 25.7 Å². The van der Waals surface area contributed by atoms with Gasteiger partial charge in [-0.3, -0.25) is 0 Å². The molecule has 0 radical (unpaired) electrons. The van der Waals surface area contributed by atoms with Crippen molar-refractivity contribution in [1.29, 1.82) is 0 Å². The van der Waals surface area contributed by atoms with E-state index in [1.807, 2.05) is 0 Å². The van der Waals surface area contributed by atoms with Gasteiger partial charge in [-0.1, -0.05) is 88.0 Å². The van der Waals surface area contributed by atoms with Crippen molar-refractivity contribution in [2.24, 2.45) is 41.4 Å². The Morgan fingerprint density at radius 1 is 0.550 bits per heavy atom. The summed E-state index contributed by atoms with van der Waals surface area (Å²) in [7, 11) is 0. The van der Waals surface area contributed by atoms with E-state index in [0.717, 1.165) is 41.4 Å². The summed E-state index contributed by atoms with van der Waals surface area (Å²) in [4.78, 5) is 0. The third-order valence-corrected chi connectivity index (χ3v) is 5.57. The molecule has 0 aliphatic rings. The second-order valence-corrected chi connectivity index (χ2v) is 8.07. The summed E-state index contributed by atoms with van der Waals surface area (Å²) in [5.41, 5.74) is 0. The lowest BCUT2D eigenvalue weighted by atomic mass is 9.63. The van der Waals surface area contributed by atoms with Gasteiger partial charge in [0.25, 0.3) is 0 Å². The van der Waals surface area contributed by atoms with Gasteiger partial charge in [-0.05, 0) is 41.4 Å². The molecule has 0 aromatic rings. The molecule has 0 aliphatic heterocycles. The molecule has 0 spiro atoms. The number of hydrogen-bond donors (Lipinski definition) is 0. The summed E-state index contributed by atoms with van der Waals surface area (Å²) in [5.74, 6) is 5.98. The molecule has 0 heterocycles. The van der Waals surface area contributed by atoms with Gasteiger partial charge >= 0.3 is 0 Å². The van der Waals surface area contributed by atoms with Gasteiger partial charge in [-0.2, -0.15) is 0 Å². The Bertz CT molecular complexity index is 226. The predicted molar refractivity (Wildman–Crippen MR) is 94.0 cm³/mol. The molecule has 0 nitrogen and oxygen atoms in total.